The summed E-state index contributed by atoms with van der Waals surface area (Å²) >= 11 is 1.56. The monoisotopic (exact) mass is 342 g/mol. The lowest BCUT2D eigenvalue weighted by atomic mass is 10.2. The Balaban J connectivity index is 1.79. The number of nitrogens with zero attached hydrogens (tertiary/aromatic N) is 3. The third kappa shape index (κ3) is 3.07. The first-order valence-electron chi connectivity index (χ1n) is 7.64. The second-order valence-electron chi connectivity index (χ2n) is 5.61. The van der Waals surface area contributed by atoms with E-state index in [1.807, 2.05) is 19.9 Å². The molecular weight excluding hydrogens is 324 g/mol. The van der Waals surface area contributed by atoms with Crippen LogP contribution in [0.1, 0.15) is 28.5 Å². The lowest BCUT2D eigenvalue weighted by Crippen LogP contribution is -2.35. The highest BCUT2D eigenvalue weighted by molar-refractivity contribution is 7.11. The standard InChI is InChI=1S/C17H18N4O2S/c1-10-15(24-12(3)20-10)8-18-16(22)11(2)21-9-19-14-7-5-4-6-13(14)17(21)23/h4-7,9,11H,8H2,1-3H3,(H,18,22)/t11-/m1/s1. The van der Waals surface area contributed by atoms with Crippen LogP contribution in [0.2, 0.25) is 0 Å². The molecule has 24 heavy (non-hydrogen) atoms. The van der Waals surface area contributed by atoms with Gasteiger partial charge >= 0.3 is 0 Å². The molecule has 3 aromatic rings. The third-order valence-electron chi connectivity index (χ3n) is 3.91. The summed E-state index contributed by atoms with van der Waals surface area (Å²) in [6, 6.07) is 6.48. The van der Waals surface area contributed by atoms with Crippen molar-refractivity contribution in [2.24, 2.45) is 0 Å². The van der Waals surface area contributed by atoms with E-state index < -0.39 is 6.04 Å². The van der Waals surface area contributed by atoms with Crippen molar-refractivity contribution in [1.82, 2.24) is 19.9 Å². The van der Waals surface area contributed by atoms with Crippen molar-refractivity contribution in [3.8, 4) is 0 Å². The number of rotatable bonds is 4. The Morgan fingerprint density at radius 2 is 2.08 bits per heavy atom. The van der Waals surface area contributed by atoms with E-state index in [-0.39, 0.29) is 11.5 Å². The molecule has 0 bridgehead atoms. The molecule has 1 aromatic carbocycles. The fraction of sp³-hybridized carbons (Fsp3) is 0.294. The van der Waals surface area contributed by atoms with Gasteiger partial charge in [0.1, 0.15) is 6.04 Å². The zero-order chi connectivity index (χ0) is 17.3. The van der Waals surface area contributed by atoms with Crippen LogP contribution < -0.4 is 10.9 Å². The molecule has 0 fully saturated rings. The predicted molar refractivity (Wildman–Crippen MR) is 94.1 cm³/mol. The van der Waals surface area contributed by atoms with E-state index in [1.54, 1.807) is 36.5 Å². The van der Waals surface area contributed by atoms with Crippen LogP contribution in [-0.4, -0.2) is 20.4 Å². The van der Waals surface area contributed by atoms with E-state index in [4.69, 9.17) is 0 Å². The molecule has 0 unspecified atom stereocenters. The molecule has 0 aliphatic heterocycles. The van der Waals surface area contributed by atoms with Gasteiger partial charge in [-0.15, -0.1) is 11.3 Å². The number of hydrogen-bond donors (Lipinski definition) is 1. The summed E-state index contributed by atoms with van der Waals surface area (Å²) in [4.78, 5) is 34.6. The molecule has 1 N–H and O–H groups in total. The van der Waals surface area contributed by atoms with Crippen molar-refractivity contribution in [3.63, 3.8) is 0 Å². The Morgan fingerprint density at radius 1 is 1.33 bits per heavy atom. The fourth-order valence-corrected chi connectivity index (χ4v) is 3.41. The molecule has 7 heteroatoms. The van der Waals surface area contributed by atoms with Crippen molar-refractivity contribution in [2.75, 3.05) is 0 Å². The van der Waals surface area contributed by atoms with Gasteiger partial charge in [0, 0.05) is 4.88 Å². The summed E-state index contributed by atoms with van der Waals surface area (Å²) in [6.07, 6.45) is 1.43. The highest BCUT2D eigenvalue weighted by Gasteiger charge is 2.18. The summed E-state index contributed by atoms with van der Waals surface area (Å²) in [5, 5.41) is 4.35. The Kier molecular flexibility index (Phi) is 4.44. The second kappa shape index (κ2) is 6.52. The molecule has 0 saturated carbocycles. The number of aromatic nitrogens is 3. The molecule has 124 valence electrons. The van der Waals surface area contributed by atoms with Crippen molar-refractivity contribution in [3.05, 3.63) is 56.5 Å². The number of aryl methyl sites for hydroxylation is 2. The molecule has 2 heterocycles. The molecule has 0 aliphatic carbocycles. The van der Waals surface area contributed by atoms with Crippen LogP contribution in [0.5, 0.6) is 0 Å². The number of fused-ring (bicyclic) bond motifs is 1. The summed E-state index contributed by atoms with van der Waals surface area (Å²) in [7, 11) is 0. The van der Waals surface area contributed by atoms with Crippen molar-refractivity contribution < 1.29 is 4.79 Å². The van der Waals surface area contributed by atoms with E-state index in [2.05, 4.69) is 15.3 Å². The van der Waals surface area contributed by atoms with Gasteiger partial charge in [-0.25, -0.2) is 9.97 Å². The van der Waals surface area contributed by atoms with E-state index in [9.17, 15) is 9.59 Å². The fourth-order valence-electron chi connectivity index (χ4n) is 2.54. The zero-order valence-electron chi connectivity index (χ0n) is 13.7. The highest BCUT2D eigenvalue weighted by atomic mass is 32.1. The average molecular weight is 342 g/mol. The largest absolute Gasteiger partial charge is 0.349 e. The maximum Gasteiger partial charge on any atom is 0.261 e. The van der Waals surface area contributed by atoms with Gasteiger partial charge in [-0.05, 0) is 32.9 Å². The van der Waals surface area contributed by atoms with Crippen LogP contribution in [0.4, 0.5) is 0 Å². The molecule has 0 spiro atoms. The first-order chi connectivity index (χ1) is 11.5. The first kappa shape index (κ1) is 16.3. The SMILES string of the molecule is Cc1nc(C)c(CNC(=O)[C@@H](C)n2cnc3ccccc3c2=O)s1. The van der Waals surface area contributed by atoms with Gasteiger partial charge in [0.2, 0.25) is 5.91 Å². The molecule has 6 nitrogen and oxygen atoms in total. The predicted octanol–water partition coefficient (Wildman–Crippen LogP) is 2.35. The lowest BCUT2D eigenvalue weighted by Gasteiger charge is -2.15. The van der Waals surface area contributed by atoms with Crippen LogP contribution in [0, 0.1) is 13.8 Å². The smallest absolute Gasteiger partial charge is 0.261 e. The van der Waals surface area contributed by atoms with E-state index in [0.29, 0.717) is 17.4 Å². The number of thiazole rings is 1. The molecule has 0 saturated heterocycles. The number of carbonyl (C=O) groups excluding carboxylic acids is 1. The van der Waals surface area contributed by atoms with E-state index >= 15 is 0 Å². The molecule has 1 atom stereocenters. The molecule has 3 rings (SSSR count). The Labute approximate surface area is 143 Å². The van der Waals surface area contributed by atoms with Gasteiger partial charge < -0.3 is 5.32 Å². The van der Waals surface area contributed by atoms with Crippen LogP contribution in [-0.2, 0) is 11.3 Å². The molecule has 0 radical (unpaired) electrons. The number of nitrogens with one attached hydrogen (secondary N) is 1. The van der Waals surface area contributed by atoms with E-state index in [1.165, 1.54) is 10.9 Å². The van der Waals surface area contributed by atoms with Gasteiger partial charge in [-0.2, -0.15) is 0 Å². The van der Waals surface area contributed by atoms with Crippen LogP contribution >= 0.6 is 11.3 Å². The quantitative estimate of drug-likeness (QED) is 0.789. The number of carbonyl (C=O) groups is 1. The van der Waals surface area contributed by atoms with Crippen LogP contribution in [0.3, 0.4) is 0 Å². The maximum absolute atomic E-state index is 12.5. The van der Waals surface area contributed by atoms with Gasteiger partial charge in [0.05, 0.1) is 34.5 Å². The number of hydrogen-bond acceptors (Lipinski definition) is 5. The molecule has 2 aromatic heterocycles. The average Bonchev–Trinajstić information content (AvgIpc) is 2.90. The minimum absolute atomic E-state index is 0.215. The Morgan fingerprint density at radius 3 is 2.79 bits per heavy atom. The Hall–Kier alpha value is -2.54. The van der Waals surface area contributed by atoms with Crippen molar-refractivity contribution in [1.29, 1.82) is 0 Å². The van der Waals surface area contributed by atoms with Crippen molar-refractivity contribution in [2.45, 2.75) is 33.4 Å². The number of amides is 1. The van der Waals surface area contributed by atoms with Gasteiger partial charge in [-0.3, -0.25) is 14.2 Å². The van der Waals surface area contributed by atoms with Gasteiger partial charge in [0.15, 0.2) is 0 Å². The van der Waals surface area contributed by atoms with Gasteiger partial charge in [0.25, 0.3) is 5.56 Å². The summed E-state index contributed by atoms with van der Waals surface area (Å²) in [5.41, 5.74) is 1.34. The van der Waals surface area contributed by atoms with Crippen LogP contribution in [0.15, 0.2) is 35.4 Å². The lowest BCUT2D eigenvalue weighted by molar-refractivity contribution is -0.124. The second-order valence-corrected chi connectivity index (χ2v) is 6.90. The van der Waals surface area contributed by atoms with Crippen LogP contribution in [0.25, 0.3) is 10.9 Å². The van der Waals surface area contributed by atoms with Crippen molar-refractivity contribution >= 4 is 28.1 Å². The van der Waals surface area contributed by atoms with E-state index in [0.717, 1.165) is 15.6 Å². The molecule has 1 amide bonds. The number of benzene rings is 1. The first-order valence-corrected chi connectivity index (χ1v) is 8.45. The third-order valence-corrected chi connectivity index (χ3v) is 4.98. The zero-order valence-corrected chi connectivity index (χ0v) is 14.6. The minimum Gasteiger partial charge on any atom is -0.349 e. The minimum atomic E-state index is -0.635. The number of para-hydroxylation sites is 1. The normalized spacial score (nSPS) is 12.3. The maximum atomic E-state index is 12.5. The topological polar surface area (TPSA) is 76.9 Å². The van der Waals surface area contributed by atoms with Gasteiger partial charge in [-0.1, -0.05) is 12.1 Å². The molecular formula is C17H18N4O2S. The summed E-state index contributed by atoms with van der Waals surface area (Å²) in [6.45, 7) is 5.96. The summed E-state index contributed by atoms with van der Waals surface area (Å²) < 4.78 is 1.36. The Bertz CT molecular complexity index is 961. The summed E-state index contributed by atoms with van der Waals surface area (Å²) in [5.74, 6) is -0.223. The highest BCUT2D eigenvalue weighted by Crippen LogP contribution is 2.17. The molecule has 0 aliphatic rings.